The van der Waals surface area contributed by atoms with Crippen molar-refractivity contribution in [3.8, 4) is 0 Å². The lowest BCUT2D eigenvalue weighted by Crippen LogP contribution is -2.51. The summed E-state index contributed by atoms with van der Waals surface area (Å²) in [6.45, 7) is 9.27. The first kappa shape index (κ1) is 17.7. The lowest BCUT2D eigenvalue weighted by atomic mass is 10.0. The number of imidazole rings is 1. The molecule has 0 bridgehead atoms. The number of likely N-dealkylation sites (tertiary alicyclic amines) is 1. The van der Waals surface area contributed by atoms with Gasteiger partial charge >= 0.3 is 0 Å². The van der Waals surface area contributed by atoms with E-state index in [0.717, 1.165) is 11.2 Å². The molecule has 3 atom stereocenters. The number of aromatic nitrogens is 2. The van der Waals surface area contributed by atoms with Crippen molar-refractivity contribution in [1.29, 1.82) is 0 Å². The predicted molar refractivity (Wildman–Crippen MR) is 103 cm³/mol. The van der Waals surface area contributed by atoms with Gasteiger partial charge in [0.15, 0.2) is 5.72 Å². The maximum absolute atomic E-state index is 13.6. The molecule has 0 unspecified atom stereocenters. The van der Waals surface area contributed by atoms with E-state index in [1.54, 1.807) is 0 Å². The molecule has 7 nitrogen and oxygen atoms in total. The van der Waals surface area contributed by atoms with Crippen LogP contribution in [0.25, 0.3) is 5.65 Å². The van der Waals surface area contributed by atoms with Gasteiger partial charge in [-0.3, -0.25) is 14.0 Å². The molecule has 5 rings (SSSR count). The second kappa shape index (κ2) is 5.80. The Kier molecular flexibility index (Phi) is 3.66. The fraction of sp³-hybridized carbons (Fsp3) is 0.571. The SMILES string of the molecule is Cc1ccn2c(C(=O)N3CC[C@@]45OC[C@@H](C(C)C)N4C(=O)C[C@@H]35)c(C)nc2c1. The molecule has 3 fully saturated rings. The Labute approximate surface area is 164 Å². The van der Waals surface area contributed by atoms with Crippen LogP contribution in [0.5, 0.6) is 0 Å². The molecular formula is C21H26N4O3. The van der Waals surface area contributed by atoms with Crippen molar-refractivity contribution in [2.75, 3.05) is 13.2 Å². The molecule has 2 amide bonds. The number of carbonyl (C=O) groups is 2. The van der Waals surface area contributed by atoms with Gasteiger partial charge in [-0.15, -0.1) is 0 Å². The van der Waals surface area contributed by atoms with Gasteiger partial charge in [-0.2, -0.15) is 0 Å². The normalized spacial score (nSPS) is 29.2. The second-order valence-electron chi connectivity index (χ2n) is 8.68. The highest BCUT2D eigenvalue weighted by molar-refractivity contribution is 5.96. The number of hydrogen-bond acceptors (Lipinski definition) is 4. The van der Waals surface area contributed by atoms with Crippen molar-refractivity contribution in [3.63, 3.8) is 0 Å². The smallest absolute Gasteiger partial charge is 0.273 e. The number of pyridine rings is 1. The molecule has 1 spiro atoms. The van der Waals surface area contributed by atoms with Crippen LogP contribution in [0.2, 0.25) is 0 Å². The molecule has 0 N–H and O–H groups in total. The molecule has 28 heavy (non-hydrogen) atoms. The van der Waals surface area contributed by atoms with Crippen molar-refractivity contribution >= 4 is 17.5 Å². The lowest BCUT2D eigenvalue weighted by Gasteiger charge is -2.34. The number of nitrogens with zero attached hydrogens (tertiary/aromatic N) is 4. The zero-order chi connectivity index (χ0) is 19.8. The van der Waals surface area contributed by atoms with E-state index in [-0.39, 0.29) is 23.9 Å². The highest BCUT2D eigenvalue weighted by Gasteiger charge is 2.65. The zero-order valence-corrected chi connectivity index (χ0v) is 16.8. The Balaban J connectivity index is 1.52. The number of aryl methyl sites for hydroxylation is 2. The van der Waals surface area contributed by atoms with Crippen LogP contribution in [0.15, 0.2) is 18.3 Å². The molecule has 0 aromatic carbocycles. The van der Waals surface area contributed by atoms with Crippen LogP contribution in [0, 0.1) is 19.8 Å². The lowest BCUT2D eigenvalue weighted by molar-refractivity contribution is -0.139. The largest absolute Gasteiger partial charge is 0.351 e. The summed E-state index contributed by atoms with van der Waals surface area (Å²) in [4.78, 5) is 34.8. The fourth-order valence-corrected chi connectivity index (χ4v) is 5.27. The first-order valence-electron chi connectivity index (χ1n) is 10.1. The van der Waals surface area contributed by atoms with Gasteiger partial charge in [0.05, 0.1) is 30.8 Å². The van der Waals surface area contributed by atoms with Crippen molar-refractivity contribution in [2.24, 2.45) is 5.92 Å². The molecule has 3 saturated heterocycles. The third-order valence-electron chi connectivity index (χ3n) is 6.68. The Morgan fingerprint density at radius 1 is 1.36 bits per heavy atom. The van der Waals surface area contributed by atoms with Gasteiger partial charge in [0.25, 0.3) is 5.91 Å². The molecule has 0 radical (unpaired) electrons. The molecule has 0 aliphatic carbocycles. The van der Waals surface area contributed by atoms with Crippen LogP contribution >= 0.6 is 0 Å². The first-order valence-corrected chi connectivity index (χ1v) is 10.1. The summed E-state index contributed by atoms with van der Waals surface area (Å²) >= 11 is 0. The van der Waals surface area contributed by atoms with Crippen LogP contribution < -0.4 is 0 Å². The van der Waals surface area contributed by atoms with E-state index >= 15 is 0 Å². The van der Waals surface area contributed by atoms with Crippen molar-refractivity contribution < 1.29 is 14.3 Å². The van der Waals surface area contributed by atoms with E-state index in [0.29, 0.717) is 43.3 Å². The summed E-state index contributed by atoms with van der Waals surface area (Å²) in [5.41, 5.74) is 2.53. The highest BCUT2D eigenvalue weighted by atomic mass is 16.5. The number of hydrogen-bond donors (Lipinski definition) is 0. The molecule has 2 aromatic rings. The van der Waals surface area contributed by atoms with E-state index < -0.39 is 5.72 Å². The van der Waals surface area contributed by atoms with Gasteiger partial charge in [0.1, 0.15) is 11.3 Å². The quantitative estimate of drug-likeness (QED) is 0.798. The standard InChI is InChI=1S/C21H26N4O3/c1-12(2)15-11-28-21-6-8-23(16(21)10-18(26)25(15)21)20(27)19-14(4)22-17-9-13(3)5-7-24(17)19/h5,7,9,12,15-16H,6,8,10-11H2,1-4H3/t15-,16+,21-/m0/s1. The van der Waals surface area contributed by atoms with Gasteiger partial charge in [0, 0.05) is 19.2 Å². The summed E-state index contributed by atoms with van der Waals surface area (Å²) in [5.74, 6) is 0.363. The molecule has 148 valence electrons. The summed E-state index contributed by atoms with van der Waals surface area (Å²) in [6.07, 6.45) is 2.91. The first-order chi connectivity index (χ1) is 13.3. The van der Waals surface area contributed by atoms with E-state index in [9.17, 15) is 9.59 Å². The van der Waals surface area contributed by atoms with E-state index in [2.05, 4.69) is 18.8 Å². The maximum Gasteiger partial charge on any atom is 0.273 e. The third-order valence-corrected chi connectivity index (χ3v) is 6.68. The summed E-state index contributed by atoms with van der Waals surface area (Å²) < 4.78 is 8.11. The van der Waals surface area contributed by atoms with Gasteiger partial charge in [0.2, 0.25) is 5.91 Å². The molecule has 7 heteroatoms. The Morgan fingerprint density at radius 2 is 2.14 bits per heavy atom. The van der Waals surface area contributed by atoms with Crippen molar-refractivity contribution in [1.82, 2.24) is 19.2 Å². The molecule has 0 saturated carbocycles. The molecule has 5 heterocycles. The van der Waals surface area contributed by atoms with Crippen molar-refractivity contribution in [2.45, 2.75) is 58.3 Å². The third kappa shape index (κ3) is 2.16. The Bertz CT molecular complexity index is 997. The van der Waals surface area contributed by atoms with Gasteiger partial charge in [-0.05, 0) is 37.5 Å². The number of rotatable bonds is 2. The number of carbonyl (C=O) groups excluding carboxylic acids is 2. The highest BCUT2D eigenvalue weighted by Crippen LogP contribution is 2.49. The Hall–Kier alpha value is -2.41. The van der Waals surface area contributed by atoms with Crippen LogP contribution in [-0.2, 0) is 9.53 Å². The van der Waals surface area contributed by atoms with Gasteiger partial charge in [-0.25, -0.2) is 4.98 Å². The van der Waals surface area contributed by atoms with Crippen LogP contribution in [-0.4, -0.2) is 62.0 Å². The van der Waals surface area contributed by atoms with E-state index in [1.165, 1.54) is 0 Å². The Morgan fingerprint density at radius 3 is 2.89 bits per heavy atom. The summed E-state index contributed by atoms with van der Waals surface area (Å²) in [7, 11) is 0. The average molecular weight is 382 g/mol. The second-order valence-corrected chi connectivity index (χ2v) is 8.68. The molecule has 2 aromatic heterocycles. The van der Waals surface area contributed by atoms with Crippen LogP contribution in [0.4, 0.5) is 0 Å². The van der Waals surface area contributed by atoms with Crippen LogP contribution in [0.3, 0.4) is 0 Å². The molecule has 3 aliphatic heterocycles. The number of amides is 2. The number of fused-ring (bicyclic) bond motifs is 1. The summed E-state index contributed by atoms with van der Waals surface area (Å²) in [5, 5.41) is 0. The topological polar surface area (TPSA) is 67.2 Å². The van der Waals surface area contributed by atoms with E-state index in [1.807, 2.05) is 46.4 Å². The minimum atomic E-state index is -0.646. The van der Waals surface area contributed by atoms with Crippen molar-refractivity contribution in [3.05, 3.63) is 35.3 Å². The minimum Gasteiger partial charge on any atom is -0.351 e. The van der Waals surface area contributed by atoms with Gasteiger partial charge in [-0.1, -0.05) is 13.8 Å². The van der Waals surface area contributed by atoms with Gasteiger partial charge < -0.3 is 14.5 Å². The average Bonchev–Trinajstić information content (AvgIpc) is 3.33. The molecule has 3 aliphatic rings. The monoisotopic (exact) mass is 382 g/mol. The molecular weight excluding hydrogens is 356 g/mol. The van der Waals surface area contributed by atoms with E-state index in [4.69, 9.17) is 4.74 Å². The summed E-state index contributed by atoms with van der Waals surface area (Å²) in [6, 6.07) is 3.81. The predicted octanol–water partition coefficient (Wildman–Crippen LogP) is 2.15. The maximum atomic E-state index is 13.6. The van der Waals surface area contributed by atoms with Crippen LogP contribution in [0.1, 0.15) is 48.4 Å². The fourth-order valence-electron chi connectivity index (χ4n) is 5.27. The zero-order valence-electron chi connectivity index (χ0n) is 16.8. The number of ether oxygens (including phenoxy) is 1. The minimum absolute atomic E-state index is 0.0676.